The monoisotopic (exact) mass is 93.1 g/mol. The molecule has 0 aliphatic rings. The van der Waals surface area contributed by atoms with Crippen molar-refractivity contribution in [3.05, 3.63) is 23.8 Å². The third-order valence-electron chi connectivity index (χ3n) is 0.622. The van der Waals surface area contributed by atoms with Crippen molar-refractivity contribution in [2.75, 3.05) is 0 Å². The molecule has 36 valence electrons. The molecule has 0 aliphatic carbocycles. The second-order valence-electron chi connectivity index (χ2n) is 1.27. The largest absolute Gasteiger partial charge is 0.405 e. The molecular weight excluding hydrogens is 84.9 g/mol. The first-order chi connectivity index (χ1) is 3.31. The van der Waals surface area contributed by atoms with E-state index < -0.39 is 0 Å². The van der Waals surface area contributed by atoms with Crippen molar-refractivity contribution in [3.63, 3.8) is 0 Å². The van der Waals surface area contributed by atoms with Gasteiger partial charge in [0.2, 0.25) is 0 Å². The molecule has 0 saturated heterocycles. The van der Waals surface area contributed by atoms with E-state index in [9.17, 15) is 0 Å². The SMILES string of the molecule is [B]/C=C(C)\C=C/N. The van der Waals surface area contributed by atoms with Gasteiger partial charge in [0.05, 0.1) is 0 Å². The predicted octanol–water partition coefficient (Wildman–Crippen LogP) is 0.531. The molecule has 2 N–H and O–H groups in total. The molecule has 0 unspecified atom stereocenters. The molecule has 0 saturated carbocycles. The molecule has 0 aromatic rings. The van der Waals surface area contributed by atoms with E-state index in [1.165, 1.54) is 12.2 Å². The van der Waals surface area contributed by atoms with Crippen molar-refractivity contribution >= 4 is 7.85 Å². The van der Waals surface area contributed by atoms with Crippen LogP contribution in [0.1, 0.15) is 6.92 Å². The first-order valence-electron chi connectivity index (χ1n) is 2.08. The molecule has 7 heavy (non-hydrogen) atoms. The third-order valence-corrected chi connectivity index (χ3v) is 0.622. The number of allylic oxidation sites excluding steroid dienone is 2. The molecule has 0 aromatic heterocycles. The summed E-state index contributed by atoms with van der Waals surface area (Å²) < 4.78 is 0. The summed E-state index contributed by atoms with van der Waals surface area (Å²) in [6, 6.07) is 0. The van der Waals surface area contributed by atoms with Gasteiger partial charge >= 0.3 is 0 Å². The lowest BCUT2D eigenvalue weighted by molar-refractivity contribution is 1.49. The van der Waals surface area contributed by atoms with Crippen LogP contribution in [-0.4, -0.2) is 7.85 Å². The van der Waals surface area contributed by atoms with Crippen molar-refractivity contribution in [1.82, 2.24) is 0 Å². The van der Waals surface area contributed by atoms with Gasteiger partial charge in [0, 0.05) is 0 Å². The lowest BCUT2D eigenvalue weighted by Gasteiger charge is -1.81. The Morgan fingerprint density at radius 2 is 2.29 bits per heavy atom. The minimum Gasteiger partial charge on any atom is -0.405 e. The maximum atomic E-state index is 5.09. The average molecular weight is 92.9 g/mol. The van der Waals surface area contributed by atoms with Crippen LogP contribution in [0.25, 0.3) is 0 Å². The van der Waals surface area contributed by atoms with E-state index in [2.05, 4.69) is 0 Å². The van der Waals surface area contributed by atoms with Crippen LogP contribution in [0.2, 0.25) is 0 Å². The highest BCUT2D eigenvalue weighted by Gasteiger charge is 1.69. The molecule has 0 rings (SSSR count). The summed E-state index contributed by atoms with van der Waals surface area (Å²) >= 11 is 0. The van der Waals surface area contributed by atoms with Crippen molar-refractivity contribution < 1.29 is 0 Å². The van der Waals surface area contributed by atoms with Crippen LogP contribution < -0.4 is 5.73 Å². The van der Waals surface area contributed by atoms with Crippen LogP contribution in [-0.2, 0) is 0 Å². The van der Waals surface area contributed by atoms with Gasteiger partial charge in [0.15, 0.2) is 0 Å². The zero-order valence-electron chi connectivity index (χ0n) is 4.39. The standard InChI is InChI=1S/C5H8BN/c1-5(4-6)2-3-7/h2-4H,7H2,1H3/b3-2-,5-4-. The van der Waals surface area contributed by atoms with E-state index in [0.29, 0.717) is 0 Å². The Bertz CT molecular complexity index is 94.3. The van der Waals surface area contributed by atoms with Gasteiger partial charge < -0.3 is 5.73 Å². The van der Waals surface area contributed by atoms with Crippen molar-refractivity contribution in [3.8, 4) is 0 Å². The van der Waals surface area contributed by atoms with Gasteiger partial charge in [-0.1, -0.05) is 5.57 Å². The second kappa shape index (κ2) is 3.53. The molecule has 0 fully saturated rings. The highest BCUT2D eigenvalue weighted by Crippen LogP contribution is 1.87. The molecule has 1 nitrogen and oxygen atoms in total. The van der Waals surface area contributed by atoms with Crippen LogP contribution in [0.5, 0.6) is 0 Å². The summed E-state index contributed by atoms with van der Waals surface area (Å²) in [5.74, 6) is 1.50. The van der Waals surface area contributed by atoms with Crippen LogP contribution >= 0.6 is 0 Å². The molecule has 0 aromatic carbocycles. The predicted molar refractivity (Wildman–Crippen MR) is 32.8 cm³/mol. The van der Waals surface area contributed by atoms with E-state index in [-0.39, 0.29) is 0 Å². The van der Waals surface area contributed by atoms with Gasteiger partial charge in [-0.3, -0.25) is 0 Å². The zero-order valence-corrected chi connectivity index (χ0v) is 4.39. The Hall–Kier alpha value is -0.655. The molecule has 0 aliphatic heterocycles. The maximum absolute atomic E-state index is 5.09. The van der Waals surface area contributed by atoms with Gasteiger partial charge in [0.25, 0.3) is 0 Å². The molecular formula is C5H8BN. The maximum Gasteiger partial charge on any atom is 0.103 e. The summed E-state index contributed by atoms with van der Waals surface area (Å²) in [5.41, 5.74) is 6.00. The van der Waals surface area contributed by atoms with Crippen molar-refractivity contribution in [1.29, 1.82) is 0 Å². The molecule has 0 bridgehead atoms. The quantitative estimate of drug-likeness (QED) is 0.371. The first kappa shape index (κ1) is 6.34. The summed E-state index contributed by atoms with van der Waals surface area (Å²) in [6.07, 6.45) is 3.19. The van der Waals surface area contributed by atoms with Crippen molar-refractivity contribution in [2.24, 2.45) is 5.73 Å². The Kier molecular flexibility index (Phi) is 3.20. The van der Waals surface area contributed by atoms with Gasteiger partial charge in [-0.2, -0.15) is 0 Å². The van der Waals surface area contributed by atoms with Gasteiger partial charge in [-0.25, -0.2) is 0 Å². The Morgan fingerprint density at radius 3 is 2.43 bits per heavy atom. The van der Waals surface area contributed by atoms with Crippen LogP contribution in [0, 0.1) is 0 Å². The average Bonchev–Trinajstić information content (AvgIpc) is 1.68. The Morgan fingerprint density at radius 1 is 1.71 bits per heavy atom. The smallest absolute Gasteiger partial charge is 0.103 e. The third kappa shape index (κ3) is 3.17. The summed E-state index contributed by atoms with van der Waals surface area (Å²) in [7, 11) is 5.09. The summed E-state index contributed by atoms with van der Waals surface area (Å²) in [4.78, 5) is 0. The van der Waals surface area contributed by atoms with E-state index in [1.807, 2.05) is 6.92 Å². The van der Waals surface area contributed by atoms with E-state index in [0.717, 1.165) is 5.57 Å². The molecule has 2 radical (unpaired) electrons. The minimum absolute atomic E-state index is 0.975. The highest BCUT2D eigenvalue weighted by molar-refractivity contribution is 6.17. The molecule has 0 spiro atoms. The van der Waals surface area contributed by atoms with E-state index in [4.69, 9.17) is 13.6 Å². The molecule has 0 heterocycles. The fourth-order valence-electron chi connectivity index (χ4n) is 0.207. The zero-order chi connectivity index (χ0) is 5.70. The first-order valence-corrected chi connectivity index (χ1v) is 2.08. The normalized spacial score (nSPS) is 13.0. The van der Waals surface area contributed by atoms with Crippen molar-refractivity contribution in [2.45, 2.75) is 6.92 Å². The molecule has 2 heteroatoms. The van der Waals surface area contributed by atoms with Gasteiger partial charge in [0.1, 0.15) is 7.85 Å². The lowest BCUT2D eigenvalue weighted by Crippen LogP contribution is -1.76. The highest BCUT2D eigenvalue weighted by atomic mass is 14.5. The molecule has 0 atom stereocenters. The van der Waals surface area contributed by atoms with Gasteiger partial charge in [-0.15, -0.1) is 5.98 Å². The minimum atomic E-state index is 0.975. The number of hydrogen-bond donors (Lipinski definition) is 1. The molecule has 0 amide bonds. The van der Waals surface area contributed by atoms with Crippen LogP contribution in [0.3, 0.4) is 0 Å². The van der Waals surface area contributed by atoms with Crippen LogP contribution in [0.15, 0.2) is 23.8 Å². The summed E-state index contributed by atoms with van der Waals surface area (Å²) in [5, 5.41) is 0. The van der Waals surface area contributed by atoms with E-state index in [1.54, 1.807) is 6.08 Å². The second-order valence-corrected chi connectivity index (χ2v) is 1.27. The number of rotatable bonds is 1. The number of nitrogens with two attached hydrogens (primary N) is 1. The Labute approximate surface area is 45.3 Å². The summed E-state index contributed by atoms with van der Waals surface area (Å²) in [6.45, 7) is 1.88. The van der Waals surface area contributed by atoms with Gasteiger partial charge in [-0.05, 0) is 19.2 Å². The topological polar surface area (TPSA) is 26.0 Å². The fraction of sp³-hybridized carbons (Fsp3) is 0.200. The van der Waals surface area contributed by atoms with Crippen LogP contribution in [0.4, 0.5) is 0 Å². The lowest BCUT2D eigenvalue weighted by atomic mass is 10.1. The Balaban J connectivity index is 3.58. The fourth-order valence-corrected chi connectivity index (χ4v) is 0.207. The van der Waals surface area contributed by atoms with E-state index >= 15 is 0 Å². The number of hydrogen-bond acceptors (Lipinski definition) is 1.